The van der Waals surface area contributed by atoms with Crippen molar-refractivity contribution in [2.24, 2.45) is 12.5 Å². The fraction of sp³-hybridized carbons (Fsp3) is 0.750. The van der Waals surface area contributed by atoms with Crippen LogP contribution in [0.25, 0.3) is 0 Å². The third-order valence-electron chi connectivity index (χ3n) is 3.54. The van der Waals surface area contributed by atoms with Crippen molar-refractivity contribution in [2.45, 2.75) is 25.7 Å². The van der Waals surface area contributed by atoms with Crippen LogP contribution in [0.3, 0.4) is 0 Å². The smallest absolute Gasteiger partial charge is 0.0521 e. The number of hydrogen-bond acceptors (Lipinski definition) is 2. The highest BCUT2D eigenvalue weighted by Crippen LogP contribution is 2.36. The molecule has 1 aromatic rings. The van der Waals surface area contributed by atoms with E-state index in [1.807, 2.05) is 17.9 Å². The largest absolute Gasteiger partial charge is 0.381 e. The second kappa shape index (κ2) is 5.19. The zero-order valence-corrected chi connectivity index (χ0v) is 10.5. The highest BCUT2D eigenvalue weighted by atomic mass is 35.5. The highest BCUT2D eigenvalue weighted by Gasteiger charge is 2.31. The van der Waals surface area contributed by atoms with Crippen molar-refractivity contribution in [3.8, 4) is 0 Å². The lowest BCUT2D eigenvalue weighted by molar-refractivity contribution is 0.0217. The molecular weight excluding hydrogens is 224 g/mol. The van der Waals surface area contributed by atoms with E-state index in [2.05, 4.69) is 11.3 Å². The summed E-state index contributed by atoms with van der Waals surface area (Å²) in [6.45, 7) is 1.72. The highest BCUT2D eigenvalue weighted by molar-refractivity contribution is 6.18. The normalized spacial score (nSPS) is 19.9. The van der Waals surface area contributed by atoms with E-state index in [9.17, 15) is 0 Å². The van der Waals surface area contributed by atoms with Gasteiger partial charge in [-0.1, -0.05) is 0 Å². The van der Waals surface area contributed by atoms with Crippen LogP contribution in [-0.2, 0) is 18.2 Å². The molecule has 1 saturated heterocycles. The number of rotatable bonds is 4. The minimum Gasteiger partial charge on any atom is -0.381 e. The number of alkyl halides is 1. The first-order chi connectivity index (χ1) is 7.74. The van der Waals surface area contributed by atoms with Crippen molar-refractivity contribution in [3.63, 3.8) is 0 Å². The van der Waals surface area contributed by atoms with Crippen LogP contribution in [0.5, 0.6) is 0 Å². The maximum Gasteiger partial charge on any atom is 0.0521 e. The van der Waals surface area contributed by atoms with Crippen LogP contribution >= 0.6 is 11.6 Å². The van der Waals surface area contributed by atoms with Gasteiger partial charge in [-0.15, -0.1) is 11.6 Å². The molecule has 0 bridgehead atoms. The Balaban J connectivity index is 1.91. The average Bonchev–Trinajstić information content (AvgIpc) is 2.74. The molecule has 0 atom stereocenters. The molecule has 0 radical (unpaired) electrons. The van der Waals surface area contributed by atoms with Gasteiger partial charge in [-0.3, -0.25) is 4.68 Å². The Morgan fingerprint density at radius 1 is 1.50 bits per heavy atom. The van der Waals surface area contributed by atoms with Gasteiger partial charge in [0.25, 0.3) is 0 Å². The van der Waals surface area contributed by atoms with Gasteiger partial charge in [0.1, 0.15) is 0 Å². The van der Waals surface area contributed by atoms with Crippen LogP contribution in [0, 0.1) is 5.41 Å². The second-order valence-corrected chi connectivity index (χ2v) is 5.04. The van der Waals surface area contributed by atoms with Gasteiger partial charge in [0, 0.05) is 32.3 Å². The quantitative estimate of drug-likeness (QED) is 0.759. The molecule has 1 aliphatic heterocycles. The monoisotopic (exact) mass is 242 g/mol. The molecule has 0 unspecified atom stereocenters. The molecule has 1 aromatic heterocycles. The molecular formula is C12H19ClN2O. The van der Waals surface area contributed by atoms with E-state index in [0.29, 0.717) is 0 Å². The Hall–Kier alpha value is -0.540. The summed E-state index contributed by atoms with van der Waals surface area (Å²) in [4.78, 5) is 0. The summed E-state index contributed by atoms with van der Waals surface area (Å²) in [5, 5.41) is 4.19. The maximum absolute atomic E-state index is 6.13. The predicted molar refractivity (Wildman–Crippen MR) is 64.7 cm³/mol. The van der Waals surface area contributed by atoms with Gasteiger partial charge in [-0.05, 0) is 36.7 Å². The van der Waals surface area contributed by atoms with Crippen LogP contribution in [0.15, 0.2) is 12.4 Å². The molecule has 2 heterocycles. The molecule has 0 aromatic carbocycles. The summed E-state index contributed by atoms with van der Waals surface area (Å²) in [5.74, 6) is 0.747. The van der Waals surface area contributed by atoms with E-state index in [4.69, 9.17) is 16.3 Å². The van der Waals surface area contributed by atoms with Gasteiger partial charge < -0.3 is 4.74 Å². The molecule has 0 spiro atoms. The Morgan fingerprint density at radius 2 is 2.25 bits per heavy atom. The first-order valence-electron chi connectivity index (χ1n) is 5.85. The van der Waals surface area contributed by atoms with Gasteiger partial charge in [-0.2, -0.15) is 5.10 Å². The zero-order chi connectivity index (χ0) is 11.4. The molecule has 0 saturated carbocycles. The SMILES string of the molecule is Cn1cc(CCC2(CCl)CCOCC2)cn1. The van der Waals surface area contributed by atoms with E-state index >= 15 is 0 Å². The second-order valence-electron chi connectivity index (χ2n) is 4.77. The van der Waals surface area contributed by atoms with Crippen LogP contribution < -0.4 is 0 Å². The fourth-order valence-electron chi connectivity index (χ4n) is 2.27. The first-order valence-corrected chi connectivity index (χ1v) is 6.39. The van der Waals surface area contributed by atoms with Crippen molar-refractivity contribution >= 4 is 11.6 Å². The molecule has 2 rings (SSSR count). The predicted octanol–water partition coefficient (Wildman–Crippen LogP) is 2.39. The summed E-state index contributed by atoms with van der Waals surface area (Å²) in [6, 6.07) is 0. The molecule has 90 valence electrons. The maximum atomic E-state index is 6.13. The lowest BCUT2D eigenvalue weighted by Gasteiger charge is -2.35. The van der Waals surface area contributed by atoms with Crippen molar-refractivity contribution in [1.82, 2.24) is 9.78 Å². The van der Waals surface area contributed by atoms with E-state index in [1.165, 1.54) is 5.56 Å². The Morgan fingerprint density at radius 3 is 2.81 bits per heavy atom. The topological polar surface area (TPSA) is 27.1 Å². The summed E-state index contributed by atoms with van der Waals surface area (Å²) < 4.78 is 7.26. The number of hydrogen-bond donors (Lipinski definition) is 0. The molecule has 4 heteroatoms. The third-order valence-corrected chi connectivity index (χ3v) is 4.11. The van der Waals surface area contributed by atoms with Gasteiger partial charge in [0.05, 0.1) is 6.20 Å². The summed E-state index contributed by atoms with van der Waals surface area (Å²) in [5.41, 5.74) is 1.59. The van der Waals surface area contributed by atoms with Crippen LogP contribution in [0.2, 0.25) is 0 Å². The van der Waals surface area contributed by atoms with E-state index in [1.54, 1.807) is 0 Å². The number of nitrogens with zero attached hydrogens (tertiary/aromatic N) is 2. The summed E-state index contributed by atoms with van der Waals surface area (Å²) >= 11 is 6.13. The molecule has 0 aliphatic carbocycles. The number of aromatic nitrogens is 2. The van der Waals surface area contributed by atoms with Crippen molar-refractivity contribution in [1.29, 1.82) is 0 Å². The standard InChI is InChI=1S/C12H19ClN2O/c1-15-9-11(8-14-15)2-3-12(10-13)4-6-16-7-5-12/h8-9H,2-7,10H2,1H3. The number of ether oxygens (including phenoxy) is 1. The number of aryl methyl sites for hydroxylation is 2. The minimum absolute atomic E-state index is 0.287. The Bertz CT molecular complexity index is 332. The lowest BCUT2D eigenvalue weighted by Crippen LogP contribution is -2.31. The molecule has 16 heavy (non-hydrogen) atoms. The van der Waals surface area contributed by atoms with E-state index in [0.717, 1.165) is 44.8 Å². The summed E-state index contributed by atoms with van der Waals surface area (Å²) in [7, 11) is 1.95. The zero-order valence-electron chi connectivity index (χ0n) is 9.79. The van der Waals surface area contributed by atoms with E-state index < -0.39 is 0 Å². The lowest BCUT2D eigenvalue weighted by atomic mass is 9.77. The van der Waals surface area contributed by atoms with Gasteiger partial charge in [-0.25, -0.2) is 0 Å². The van der Waals surface area contributed by atoms with Crippen LogP contribution in [0.4, 0.5) is 0 Å². The van der Waals surface area contributed by atoms with Gasteiger partial charge >= 0.3 is 0 Å². The Labute approximate surface area is 102 Å². The molecule has 3 nitrogen and oxygen atoms in total. The van der Waals surface area contributed by atoms with E-state index in [-0.39, 0.29) is 5.41 Å². The van der Waals surface area contributed by atoms with Gasteiger partial charge in [0.15, 0.2) is 0 Å². The molecule has 0 N–H and O–H groups in total. The summed E-state index contributed by atoms with van der Waals surface area (Å²) in [6.07, 6.45) is 8.43. The molecule has 0 amide bonds. The Kier molecular flexibility index (Phi) is 3.87. The average molecular weight is 243 g/mol. The fourth-order valence-corrected chi connectivity index (χ4v) is 2.67. The van der Waals surface area contributed by atoms with Gasteiger partial charge in [0.2, 0.25) is 0 Å². The van der Waals surface area contributed by atoms with Crippen LogP contribution in [0.1, 0.15) is 24.8 Å². The third kappa shape index (κ3) is 2.77. The minimum atomic E-state index is 0.287. The van der Waals surface area contributed by atoms with Crippen molar-refractivity contribution in [2.75, 3.05) is 19.1 Å². The van der Waals surface area contributed by atoms with Crippen molar-refractivity contribution < 1.29 is 4.74 Å². The number of halogens is 1. The van der Waals surface area contributed by atoms with Crippen LogP contribution in [-0.4, -0.2) is 28.9 Å². The molecule has 1 aliphatic rings. The first kappa shape index (κ1) is 11.9. The molecule has 1 fully saturated rings. The van der Waals surface area contributed by atoms with Crippen molar-refractivity contribution in [3.05, 3.63) is 18.0 Å².